The van der Waals surface area contributed by atoms with E-state index in [0.29, 0.717) is 6.04 Å². The molecule has 0 aliphatic rings. The fraction of sp³-hybridized carbons (Fsp3) is 0.667. The lowest BCUT2D eigenvalue weighted by molar-refractivity contribution is 0.663. The van der Waals surface area contributed by atoms with Gasteiger partial charge in [0.05, 0.1) is 0 Å². The number of hydrogen-bond acceptors (Lipinski definition) is 4. The van der Waals surface area contributed by atoms with E-state index in [1.807, 2.05) is 18.8 Å². The van der Waals surface area contributed by atoms with Crippen LogP contribution in [0.15, 0.2) is 12.1 Å². The van der Waals surface area contributed by atoms with E-state index in [0.717, 1.165) is 31.0 Å². The lowest BCUT2D eigenvalue weighted by Crippen LogP contribution is -2.34. The summed E-state index contributed by atoms with van der Waals surface area (Å²) in [4.78, 5) is 7.10. The van der Waals surface area contributed by atoms with Gasteiger partial charge in [-0.05, 0) is 43.8 Å². The van der Waals surface area contributed by atoms with Crippen LogP contribution in [0.25, 0.3) is 0 Å². The highest BCUT2D eigenvalue weighted by atomic mass is 32.2. The molecule has 3 nitrogen and oxygen atoms in total. The second-order valence-corrected chi connectivity index (χ2v) is 5.75. The molecule has 0 aromatic carbocycles. The third kappa shape index (κ3) is 4.69. The summed E-state index contributed by atoms with van der Waals surface area (Å²) in [7, 11) is 4.15. The summed E-state index contributed by atoms with van der Waals surface area (Å²) >= 11 is 1.90. The van der Waals surface area contributed by atoms with Crippen LogP contribution in [0.2, 0.25) is 0 Å². The maximum Gasteiger partial charge on any atom is 0.129 e. The van der Waals surface area contributed by atoms with Gasteiger partial charge in [-0.3, -0.25) is 0 Å². The Morgan fingerprint density at radius 3 is 2.63 bits per heavy atom. The lowest BCUT2D eigenvalue weighted by Gasteiger charge is -2.28. The third-order valence-corrected chi connectivity index (χ3v) is 4.13. The highest BCUT2D eigenvalue weighted by molar-refractivity contribution is 7.98. The molecule has 0 fully saturated rings. The normalized spacial score (nSPS) is 12.5. The fourth-order valence-electron chi connectivity index (χ4n) is 2.18. The van der Waals surface area contributed by atoms with Crippen molar-refractivity contribution in [3.8, 4) is 0 Å². The number of aryl methyl sites for hydroxylation is 1. The maximum atomic E-state index is 4.77. The summed E-state index contributed by atoms with van der Waals surface area (Å²) in [6, 6.07) is 4.96. The van der Waals surface area contributed by atoms with Gasteiger partial charge < -0.3 is 10.2 Å². The first kappa shape index (κ1) is 16.3. The molecule has 0 aliphatic heterocycles. The van der Waals surface area contributed by atoms with Gasteiger partial charge in [-0.15, -0.1) is 0 Å². The van der Waals surface area contributed by atoms with Crippen molar-refractivity contribution in [3.05, 3.63) is 23.4 Å². The van der Waals surface area contributed by atoms with E-state index in [-0.39, 0.29) is 0 Å². The molecule has 0 spiro atoms. The molecule has 4 heteroatoms. The Morgan fingerprint density at radius 2 is 2.11 bits per heavy atom. The Kier molecular flexibility index (Phi) is 7.24. The minimum Gasteiger partial charge on any atom is -0.356 e. The molecule has 0 saturated carbocycles. The van der Waals surface area contributed by atoms with Gasteiger partial charge in [0.15, 0.2) is 0 Å². The van der Waals surface area contributed by atoms with Crippen molar-refractivity contribution < 1.29 is 0 Å². The second kappa shape index (κ2) is 8.43. The van der Waals surface area contributed by atoms with Crippen LogP contribution in [0.5, 0.6) is 0 Å². The van der Waals surface area contributed by atoms with E-state index >= 15 is 0 Å². The zero-order chi connectivity index (χ0) is 14.3. The Labute approximate surface area is 122 Å². The van der Waals surface area contributed by atoms with Gasteiger partial charge >= 0.3 is 0 Å². The first-order valence-electron chi connectivity index (χ1n) is 7.02. The summed E-state index contributed by atoms with van der Waals surface area (Å²) in [6.45, 7) is 5.31. The molecule has 1 heterocycles. The maximum absolute atomic E-state index is 4.77. The summed E-state index contributed by atoms with van der Waals surface area (Å²) < 4.78 is 0. The molecule has 1 aromatic heterocycles. The van der Waals surface area contributed by atoms with Crippen molar-refractivity contribution in [2.75, 3.05) is 31.0 Å². The van der Waals surface area contributed by atoms with Gasteiger partial charge in [0.25, 0.3) is 0 Å². The molecule has 0 aliphatic carbocycles. The van der Waals surface area contributed by atoms with Crippen molar-refractivity contribution in [1.29, 1.82) is 0 Å². The van der Waals surface area contributed by atoms with Crippen LogP contribution < -0.4 is 10.2 Å². The quantitative estimate of drug-likeness (QED) is 0.793. The van der Waals surface area contributed by atoms with Crippen molar-refractivity contribution in [1.82, 2.24) is 10.3 Å². The molecular formula is C15H27N3S. The number of rotatable bonds is 8. The van der Waals surface area contributed by atoms with E-state index in [9.17, 15) is 0 Å². The summed E-state index contributed by atoms with van der Waals surface area (Å²) in [5.41, 5.74) is 2.49. The zero-order valence-electron chi connectivity index (χ0n) is 12.9. The first-order chi connectivity index (χ1) is 9.15. The molecule has 1 unspecified atom stereocenters. The fourth-order valence-corrected chi connectivity index (χ4v) is 3.03. The molecule has 0 amide bonds. The van der Waals surface area contributed by atoms with Crippen molar-refractivity contribution in [3.63, 3.8) is 0 Å². The number of thioether (sulfide) groups is 1. The first-order valence-corrected chi connectivity index (χ1v) is 8.41. The highest BCUT2D eigenvalue weighted by Gasteiger charge is 2.15. The predicted octanol–water partition coefficient (Wildman–Crippen LogP) is 2.94. The van der Waals surface area contributed by atoms with Crippen LogP contribution in [0.1, 0.15) is 31.5 Å². The molecule has 0 bridgehead atoms. The van der Waals surface area contributed by atoms with Gasteiger partial charge in [-0.1, -0.05) is 13.8 Å². The van der Waals surface area contributed by atoms with Crippen LogP contribution in [0.3, 0.4) is 0 Å². The second-order valence-electron chi connectivity index (χ2n) is 4.84. The Bertz CT molecular complexity index is 382. The number of pyridine rings is 1. The van der Waals surface area contributed by atoms with Crippen molar-refractivity contribution >= 4 is 17.6 Å². The number of aromatic nitrogens is 1. The van der Waals surface area contributed by atoms with Gasteiger partial charge in [0.1, 0.15) is 5.82 Å². The van der Waals surface area contributed by atoms with Crippen LogP contribution >= 0.6 is 11.8 Å². The van der Waals surface area contributed by atoms with E-state index in [2.05, 4.69) is 49.5 Å². The molecular weight excluding hydrogens is 254 g/mol. The summed E-state index contributed by atoms with van der Waals surface area (Å²) in [5.74, 6) is 2.25. The molecule has 1 rings (SSSR count). The molecule has 1 atom stereocenters. The van der Waals surface area contributed by atoms with Gasteiger partial charge in [-0.2, -0.15) is 11.8 Å². The number of anilines is 1. The molecule has 0 saturated heterocycles. The monoisotopic (exact) mass is 281 g/mol. The number of nitrogens with zero attached hydrogens (tertiary/aromatic N) is 2. The van der Waals surface area contributed by atoms with Gasteiger partial charge in [0, 0.05) is 31.1 Å². The Balaban J connectivity index is 2.99. The Hall–Kier alpha value is -0.740. The van der Waals surface area contributed by atoms with Crippen molar-refractivity contribution in [2.24, 2.45) is 0 Å². The molecule has 1 N–H and O–H groups in total. The summed E-state index contributed by atoms with van der Waals surface area (Å²) in [6.07, 6.45) is 4.30. The van der Waals surface area contributed by atoms with Crippen LogP contribution in [-0.2, 0) is 13.0 Å². The molecule has 1 aromatic rings. The van der Waals surface area contributed by atoms with Crippen molar-refractivity contribution in [2.45, 2.75) is 39.3 Å². The molecule has 19 heavy (non-hydrogen) atoms. The zero-order valence-corrected chi connectivity index (χ0v) is 13.7. The lowest BCUT2D eigenvalue weighted by atomic mass is 10.1. The van der Waals surface area contributed by atoms with Crippen LogP contribution in [0, 0.1) is 0 Å². The SMILES string of the molecule is CCc1cc(CNC)cc(N(C)C(CC)CSC)n1. The third-order valence-electron chi connectivity index (χ3n) is 3.41. The van der Waals surface area contributed by atoms with Gasteiger partial charge in [-0.25, -0.2) is 4.98 Å². The molecule has 108 valence electrons. The minimum atomic E-state index is 0.553. The average molecular weight is 281 g/mol. The largest absolute Gasteiger partial charge is 0.356 e. The average Bonchev–Trinajstić information content (AvgIpc) is 2.44. The van der Waals surface area contributed by atoms with E-state index in [4.69, 9.17) is 4.98 Å². The van der Waals surface area contributed by atoms with E-state index < -0.39 is 0 Å². The van der Waals surface area contributed by atoms with Crippen LogP contribution in [-0.4, -0.2) is 37.1 Å². The van der Waals surface area contributed by atoms with Gasteiger partial charge in [0.2, 0.25) is 0 Å². The molecule has 0 radical (unpaired) electrons. The Morgan fingerprint density at radius 1 is 1.37 bits per heavy atom. The van der Waals surface area contributed by atoms with Crippen LogP contribution in [0.4, 0.5) is 5.82 Å². The smallest absolute Gasteiger partial charge is 0.129 e. The minimum absolute atomic E-state index is 0.553. The van der Waals surface area contributed by atoms with E-state index in [1.165, 1.54) is 11.3 Å². The predicted molar refractivity (Wildman–Crippen MR) is 87.2 cm³/mol. The number of hydrogen-bond donors (Lipinski definition) is 1. The highest BCUT2D eigenvalue weighted by Crippen LogP contribution is 2.19. The standard InChI is InChI=1S/C15H27N3S/c1-6-13-8-12(10-16-3)9-15(17-13)18(4)14(7-2)11-19-5/h8-9,14,16H,6-7,10-11H2,1-5H3. The van der Waals surface area contributed by atoms with E-state index in [1.54, 1.807) is 0 Å². The summed E-state index contributed by atoms with van der Waals surface area (Å²) in [5, 5.41) is 3.22. The number of nitrogens with one attached hydrogen (secondary N) is 1. The topological polar surface area (TPSA) is 28.2 Å².